The number of ether oxygens (including phenoxy) is 8. The largest absolute Gasteiger partial charge is 0.463 e. The van der Waals surface area contributed by atoms with Crippen molar-refractivity contribution < 1.29 is 42.7 Å². The van der Waals surface area contributed by atoms with Crippen LogP contribution in [0, 0.1) is 0 Å². The van der Waals surface area contributed by atoms with Crippen molar-refractivity contribution in [2.45, 2.75) is 32.6 Å². The van der Waals surface area contributed by atoms with Gasteiger partial charge < -0.3 is 37.9 Å². The van der Waals surface area contributed by atoms with Gasteiger partial charge in [0.2, 0.25) is 0 Å². The van der Waals surface area contributed by atoms with Crippen LogP contribution in [0.5, 0.6) is 0 Å². The van der Waals surface area contributed by atoms with Crippen molar-refractivity contribution in [2.24, 2.45) is 0 Å². The Hall–Kier alpha value is -0.520. The second-order valence-corrected chi connectivity index (χ2v) is 7.11. The van der Waals surface area contributed by atoms with Crippen LogP contribution in [-0.2, 0) is 42.7 Å². The summed E-state index contributed by atoms with van der Waals surface area (Å²) in [4.78, 5) is 10.5. The number of carbonyl (C=O) groups excluding carboxylic acids is 1. The van der Waals surface area contributed by atoms with E-state index in [2.05, 4.69) is 0 Å². The van der Waals surface area contributed by atoms with Gasteiger partial charge in [-0.25, -0.2) is 0 Å². The molecule has 0 spiro atoms. The second-order valence-electron chi connectivity index (χ2n) is 6.73. The molecule has 9 nitrogen and oxygen atoms in total. The summed E-state index contributed by atoms with van der Waals surface area (Å²) < 4.78 is 42.5. The van der Waals surface area contributed by atoms with Crippen molar-refractivity contribution in [1.82, 2.24) is 0 Å². The zero-order chi connectivity index (χ0) is 23.4. The number of rotatable bonds is 27. The molecule has 192 valence electrons. The molecular formula is C22H43ClO9. The van der Waals surface area contributed by atoms with E-state index in [1.807, 2.05) is 0 Å². The molecule has 0 bridgehead atoms. The summed E-state index contributed by atoms with van der Waals surface area (Å²) in [5.41, 5.74) is 0. The average molecular weight is 487 g/mol. The first kappa shape index (κ1) is 31.5. The monoisotopic (exact) mass is 486 g/mol. The molecule has 32 heavy (non-hydrogen) atoms. The van der Waals surface area contributed by atoms with E-state index in [4.69, 9.17) is 49.5 Å². The number of hydrogen-bond donors (Lipinski definition) is 0. The van der Waals surface area contributed by atoms with Crippen molar-refractivity contribution in [3.05, 3.63) is 0 Å². The van der Waals surface area contributed by atoms with Crippen LogP contribution in [-0.4, -0.2) is 111 Å². The van der Waals surface area contributed by atoms with Gasteiger partial charge in [-0.3, -0.25) is 4.79 Å². The van der Waals surface area contributed by atoms with Crippen molar-refractivity contribution in [1.29, 1.82) is 0 Å². The lowest BCUT2D eigenvalue weighted by molar-refractivity contribution is -0.142. The third kappa shape index (κ3) is 29.5. The highest BCUT2D eigenvalue weighted by atomic mass is 35.5. The molecule has 0 unspecified atom stereocenters. The Labute approximate surface area is 198 Å². The molecule has 0 aromatic heterocycles. The topological polar surface area (TPSA) is 90.9 Å². The molecule has 0 amide bonds. The van der Waals surface area contributed by atoms with Gasteiger partial charge in [-0.05, 0) is 12.8 Å². The van der Waals surface area contributed by atoms with Crippen LogP contribution in [0.1, 0.15) is 32.6 Å². The van der Waals surface area contributed by atoms with Gasteiger partial charge in [0.1, 0.15) is 6.61 Å². The molecule has 0 N–H and O–H groups in total. The number of esters is 1. The maximum atomic E-state index is 10.5. The third-order valence-corrected chi connectivity index (χ3v) is 4.20. The Morgan fingerprint density at radius 2 is 0.781 bits per heavy atom. The first-order valence-electron chi connectivity index (χ1n) is 11.5. The Kier molecular flexibility index (Phi) is 28.0. The fraction of sp³-hybridized carbons (Fsp3) is 0.955. The number of hydrogen-bond acceptors (Lipinski definition) is 9. The molecule has 0 heterocycles. The number of carbonyl (C=O) groups is 1. The summed E-state index contributed by atoms with van der Waals surface area (Å²) in [6, 6.07) is 0. The minimum Gasteiger partial charge on any atom is -0.463 e. The van der Waals surface area contributed by atoms with E-state index in [0.29, 0.717) is 85.9 Å². The summed E-state index contributed by atoms with van der Waals surface area (Å²) in [7, 11) is 0. The lowest BCUT2D eigenvalue weighted by atomic mass is 10.2. The standard InChI is InChI=1S/C22H43ClO9/c1-22(24)32-21-20-31-19-18-30-17-16-29-15-14-28-13-12-27-11-10-26-9-8-25-7-5-3-2-4-6-23/h2-21H2,1H3. The maximum absolute atomic E-state index is 10.5. The number of alkyl halides is 1. The predicted octanol–water partition coefficient (Wildman–Crippen LogP) is 2.46. The highest BCUT2D eigenvalue weighted by Gasteiger charge is 1.96. The number of unbranched alkanes of at least 4 members (excludes halogenated alkanes) is 3. The molecule has 0 aliphatic rings. The van der Waals surface area contributed by atoms with Crippen molar-refractivity contribution in [3.8, 4) is 0 Å². The Morgan fingerprint density at radius 3 is 1.12 bits per heavy atom. The molecule has 0 fully saturated rings. The lowest BCUT2D eigenvalue weighted by Crippen LogP contribution is -2.15. The van der Waals surface area contributed by atoms with Crippen LogP contribution in [0.25, 0.3) is 0 Å². The fourth-order valence-corrected chi connectivity index (χ4v) is 2.51. The Morgan fingerprint density at radius 1 is 0.469 bits per heavy atom. The van der Waals surface area contributed by atoms with E-state index in [1.54, 1.807) is 0 Å². The molecule has 0 aliphatic carbocycles. The van der Waals surface area contributed by atoms with Crippen LogP contribution in [0.3, 0.4) is 0 Å². The van der Waals surface area contributed by atoms with Crippen LogP contribution in [0.2, 0.25) is 0 Å². The fourth-order valence-electron chi connectivity index (χ4n) is 2.32. The first-order valence-corrected chi connectivity index (χ1v) is 12.0. The highest BCUT2D eigenvalue weighted by Crippen LogP contribution is 2.01. The molecule has 0 radical (unpaired) electrons. The van der Waals surface area contributed by atoms with Crippen LogP contribution < -0.4 is 0 Å². The van der Waals surface area contributed by atoms with E-state index in [0.717, 1.165) is 25.3 Å². The smallest absolute Gasteiger partial charge is 0.302 e. The van der Waals surface area contributed by atoms with Crippen LogP contribution in [0.15, 0.2) is 0 Å². The maximum Gasteiger partial charge on any atom is 0.302 e. The highest BCUT2D eigenvalue weighted by molar-refractivity contribution is 6.17. The van der Waals surface area contributed by atoms with Crippen LogP contribution in [0.4, 0.5) is 0 Å². The molecule has 0 aliphatic heterocycles. The second kappa shape index (κ2) is 28.5. The summed E-state index contributed by atoms with van der Waals surface area (Å²) in [6.45, 7) is 9.12. The van der Waals surface area contributed by atoms with E-state index >= 15 is 0 Å². The van der Waals surface area contributed by atoms with Gasteiger partial charge in [-0.2, -0.15) is 0 Å². The third-order valence-electron chi connectivity index (χ3n) is 3.94. The van der Waals surface area contributed by atoms with Crippen molar-refractivity contribution in [3.63, 3.8) is 0 Å². The van der Waals surface area contributed by atoms with Gasteiger partial charge in [-0.15, -0.1) is 11.6 Å². The molecule has 0 atom stereocenters. The zero-order valence-corrected chi connectivity index (χ0v) is 20.5. The molecule has 0 rings (SSSR count). The van der Waals surface area contributed by atoms with Gasteiger partial charge in [-0.1, -0.05) is 12.8 Å². The van der Waals surface area contributed by atoms with Crippen molar-refractivity contribution in [2.75, 3.05) is 105 Å². The van der Waals surface area contributed by atoms with Gasteiger partial charge in [0.15, 0.2) is 0 Å². The Balaban J connectivity index is 3.00. The quantitative estimate of drug-likeness (QED) is 0.0985. The van der Waals surface area contributed by atoms with Gasteiger partial charge >= 0.3 is 5.97 Å². The van der Waals surface area contributed by atoms with Gasteiger partial charge in [0.05, 0.1) is 85.9 Å². The predicted molar refractivity (Wildman–Crippen MR) is 122 cm³/mol. The summed E-state index contributed by atoms with van der Waals surface area (Å²) in [5.74, 6) is 0.440. The first-order chi connectivity index (χ1) is 15.8. The molecule has 0 aromatic carbocycles. The Bertz CT molecular complexity index is 375. The summed E-state index contributed by atoms with van der Waals surface area (Å²) >= 11 is 5.63. The van der Waals surface area contributed by atoms with Crippen LogP contribution >= 0.6 is 11.6 Å². The van der Waals surface area contributed by atoms with E-state index < -0.39 is 0 Å². The van der Waals surface area contributed by atoms with E-state index in [1.165, 1.54) is 19.8 Å². The van der Waals surface area contributed by atoms with E-state index in [-0.39, 0.29) is 12.6 Å². The minimum absolute atomic E-state index is 0.267. The van der Waals surface area contributed by atoms with E-state index in [9.17, 15) is 4.79 Å². The number of halogens is 1. The molecule has 0 saturated heterocycles. The molecule has 0 saturated carbocycles. The lowest BCUT2D eigenvalue weighted by Gasteiger charge is -2.08. The molecule has 0 aromatic rings. The molecule has 10 heteroatoms. The SMILES string of the molecule is CC(=O)OCCOCCOCCOCCOCCOCCOCCOCCCCCCCl. The zero-order valence-electron chi connectivity index (χ0n) is 19.7. The van der Waals surface area contributed by atoms with Gasteiger partial charge in [0, 0.05) is 19.4 Å². The molecular weight excluding hydrogens is 444 g/mol. The van der Waals surface area contributed by atoms with Crippen molar-refractivity contribution >= 4 is 17.6 Å². The average Bonchev–Trinajstić information content (AvgIpc) is 2.78. The summed E-state index contributed by atoms with van der Waals surface area (Å²) in [5, 5.41) is 0. The normalized spacial score (nSPS) is 11.2. The van der Waals surface area contributed by atoms with Gasteiger partial charge in [0.25, 0.3) is 0 Å². The summed E-state index contributed by atoms with van der Waals surface area (Å²) in [6.07, 6.45) is 4.50. The minimum atomic E-state index is -0.305.